The second-order valence-electron chi connectivity index (χ2n) is 5.80. The first-order valence-corrected chi connectivity index (χ1v) is 8.39. The van der Waals surface area contributed by atoms with Gasteiger partial charge >= 0.3 is 0 Å². The van der Waals surface area contributed by atoms with E-state index in [0.29, 0.717) is 35.4 Å². The number of halogens is 2. The summed E-state index contributed by atoms with van der Waals surface area (Å²) >= 11 is 12.4. The number of hydrogen-bond donors (Lipinski definition) is 1. The van der Waals surface area contributed by atoms with Crippen molar-refractivity contribution in [2.24, 2.45) is 0 Å². The molecule has 4 nitrogen and oxygen atoms in total. The molecule has 0 saturated carbocycles. The number of methoxy groups -OCH3 is 1. The highest BCUT2D eigenvalue weighted by Gasteiger charge is 2.44. The lowest BCUT2D eigenvalue weighted by Crippen LogP contribution is -2.32. The largest absolute Gasteiger partial charge is 0.399 e. The summed E-state index contributed by atoms with van der Waals surface area (Å²) in [5.74, 6) is -0.971. The SMILES string of the molecule is COCC1COC(Cc2ccc(N)cc2)(c2ccc(Cl)cc2Cl)O1. The lowest BCUT2D eigenvalue weighted by Gasteiger charge is -2.30. The Morgan fingerprint density at radius 3 is 2.62 bits per heavy atom. The summed E-state index contributed by atoms with van der Waals surface area (Å²) < 4.78 is 17.5. The molecular formula is C18H19Cl2NO3. The molecule has 0 amide bonds. The average molecular weight is 368 g/mol. The van der Waals surface area contributed by atoms with Crippen LogP contribution < -0.4 is 5.73 Å². The van der Waals surface area contributed by atoms with Gasteiger partial charge in [-0.1, -0.05) is 41.4 Å². The third-order valence-corrected chi connectivity index (χ3v) is 4.52. The molecule has 0 bridgehead atoms. The number of nitrogen functional groups attached to an aromatic ring is 1. The average Bonchev–Trinajstić information content (AvgIpc) is 2.94. The molecular weight excluding hydrogens is 349 g/mol. The molecule has 2 aromatic rings. The quantitative estimate of drug-likeness (QED) is 0.810. The maximum Gasteiger partial charge on any atom is 0.200 e. The summed E-state index contributed by atoms with van der Waals surface area (Å²) in [6, 6.07) is 12.9. The van der Waals surface area contributed by atoms with Gasteiger partial charge in [0.15, 0.2) is 0 Å². The smallest absolute Gasteiger partial charge is 0.200 e. The molecule has 1 saturated heterocycles. The molecule has 0 radical (unpaired) electrons. The molecule has 2 atom stereocenters. The highest BCUT2D eigenvalue weighted by Crippen LogP contribution is 2.41. The fraction of sp³-hybridized carbons (Fsp3) is 0.333. The molecule has 0 aliphatic carbocycles. The van der Waals surface area contributed by atoms with Crippen LogP contribution in [0.15, 0.2) is 42.5 Å². The lowest BCUT2D eigenvalue weighted by atomic mass is 9.97. The van der Waals surface area contributed by atoms with Crippen LogP contribution >= 0.6 is 23.2 Å². The Morgan fingerprint density at radius 2 is 1.96 bits per heavy atom. The molecule has 1 fully saturated rings. The molecule has 128 valence electrons. The topological polar surface area (TPSA) is 53.7 Å². The van der Waals surface area contributed by atoms with Gasteiger partial charge in [-0.15, -0.1) is 0 Å². The molecule has 1 aliphatic heterocycles. The molecule has 1 aliphatic rings. The molecule has 6 heteroatoms. The zero-order valence-corrected chi connectivity index (χ0v) is 14.8. The Hall–Kier alpha value is -1.30. The van der Waals surface area contributed by atoms with Crippen molar-refractivity contribution in [2.45, 2.75) is 18.3 Å². The monoisotopic (exact) mass is 367 g/mol. The van der Waals surface area contributed by atoms with E-state index in [1.54, 1.807) is 19.2 Å². The van der Waals surface area contributed by atoms with E-state index in [1.165, 1.54) is 0 Å². The summed E-state index contributed by atoms with van der Waals surface area (Å²) in [4.78, 5) is 0. The summed E-state index contributed by atoms with van der Waals surface area (Å²) in [6.07, 6.45) is 0.352. The molecule has 0 spiro atoms. The fourth-order valence-electron chi connectivity index (χ4n) is 2.86. The van der Waals surface area contributed by atoms with Gasteiger partial charge < -0.3 is 19.9 Å². The highest BCUT2D eigenvalue weighted by molar-refractivity contribution is 6.35. The van der Waals surface area contributed by atoms with E-state index in [4.69, 9.17) is 43.1 Å². The third-order valence-electron chi connectivity index (χ3n) is 3.97. The van der Waals surface area contributed by atoms with E-state index in [1.807, 2.05) is 30.3 Å². The van der Waals surface area contributed by atoms with Gasteiger partial charge in [-0.25, -0.2) is 0 Å². The second kappa shape index (κ2) is 7.30. The normalized spacial score (nSPS) is 23.5. The minimum absolute atomic E-state index is 0.157. The van der Waals surface area contributed by atoms with Gasteiger partial charge in [0.25, 0.3) is 0 Å². The first-order chi connectivity index (χ1) is 11.5. The van der Waals surface area contributed by atoms with Gasteiger partial charge in [0.05, 0.1) is 18.2 Å². The summed E-state index contributed by atoms with van der Waals surface area (Å²) in [5, 5.41) is 1.08. The van der Waals surface area contributed by atoms with Crippen LogP contribution in [-0.4, -0.2) is 26.4 Å². The van der Waals surface area contributed by atoms with Gasteiger partial charge in [0.2, 0.25) is 5.79 Å². The van der Waals surface area contributed by atoms with Gasteiger partial charge in [-0.2, -0.15) is 0 Å². The van der Waals surface area contributed by atoms with Gasteiger partial charge in [-0.05, 0) is 29.8 Å². The molecule has 0 aromatic heterocycles. The third kappa shape index (κ3) is 3.68. The van der Waals surface area contributed by atoms with E-state index >= 15 is 0 Å². The number of hydrogen-bond acceptors (Lipinski definition) is 4. The summed E-state index contributed by atoms with van der Waals surface area (Å²) in [6.45, 7) is 0.885. The molecule has 2 N–H and O–H groups in total. The van der Waals surface area contributed by atoms with Gasteiger partial charge in [0, 0.05) is 29.8 Å². The van der Waals surface area contributed by atoms with Crippen LogP contribution in [0.5, 0.6) is 0 Å². The molecule has 1 heterocycles. The Kier molecular flexibility index (Phi) is 5.33. The van der Waals surface area contributed by atoms with Crippen molar-refractivity contribution in [3.8, 4) is 0 Å². The Labute approximate surface area is 151 Å². The number of nitrogens with two attached hydrogens (primary N) is 1. The Bertz CT molecular complexity index is 708. The van der Waals surface area contributed by atoms with Crippen LogP contribution in [0, 0.1) is 0 Å². The van der Waals surface area contributed by atoms with Crippen LogP contribution in [-0.2, 0) is 26.4 Å². The van der Waals surface area contributed by atoms with Crippen molar-refractivity contribution in [1.29, 1.82) is 0 Å². The van der Waals surface area contributed by atoms with E-state index < -0.39 is 5.79 Å². The highest BCUT2D eigenvalue weighted by atomic mass is 35.5. The van der Waals surface area contributed by atoms with E-state index in [-0.39, 0.29) is 6.10 Å². The molecule has 2 aromatic carbocycles. The van der Waals surface area contributed by atoms with E-state index in [9.17, 15) is 0 Å². The predicted molar refractivity (Wildman–Crippen MR) is 95.4 cm³/mol. The minimum atomic E-state index is -0.971. The van der Waals surface area contributed by atoms with Crippen LogP contribution in [0.3, 0.4) is 0 Å². The van der Waals surface area contributed by atoms with Crippen LogP contribution in [0.2, 0.25) is 10.0 Å². The zero-order chi connectivity index (χ0) is 17.2. The van der Waals surface area contributed by atoms with Crippen LogP contribution in [0.1, 0.15) is 11.1 Å². The molecule has 3 rings (SSSR count). The second-order valence-corrected chi connectivity index (χ2v) is 6.65. The summed E-state index contributed by atoms with van der Waals surface area (Å²) in [7, 11) is 1.64. The van der Waals surface area contributed by atoms with Crippen molar-refractivity contribution < 1.29 is 14.2 Å². The maximum atomic E-state index is 6.42. The first-order valence-electron chi connectivity index (χ1n) is 7.63. The van der Waals surface area contributed by atoms with Crippen molar-refractivity contribution in [1.82, 2.24) is 0 Å². The van der Waals surface area contributed by atoms with Crippen molar-refractivity contribution in [3.63, 3.8) is 0 Å². The van der Waals surface area contributed by atoms with Gasteiger partial charge in [-0.3, -0.25) is 0 Å². The van der Waals surface area contributed by atoms with Crippen LogP contribution in [0.4, 0.5) is 5.69 Å². The van der Waals surface area contributed by atoms with Crippen molar-refractivity contribution in [2.75, 3.05) is 26.1 Å². The minimum Gasteiger partial charge on any atom is -0.399 e. The van der Waals surface area contributed by atoms with Crippen molar-refractivity contribution in [3.05, 3.63) is 63.6 Å². The molecule has 24 heavy (non-hydrogen) atoms. The maximum absolute atomic E-state index is 6.42. The lowest BCUT2D eigenvalue weighted by molar-refractivity contribution is -0.180. The number of ether oxygens (including phenoxy) is 3. The van der Waals surface area contributed by atoms with Crippen molar-refractivity contribution >= 4 is 28.9 Å². The Morgan fingerprint density at radius 1 is 1.21 bits per heavy atom. The number of benzene rings is 2. The standard InChI is InChI=1S/C18H19Cl2NO3/c1-22-10-15-11-23-18(24-15,9-12-2-5-14(21)6-3-12)16-7-4-13(19)8-17(16)20/h2-8,15H,9-11,21H2,1H3. The zero-order valence-electron chi connectivity index (χ0n) is 13.3. The van der Waals surface area contributed by atoms with E-state index in [2.05, 4.69) is 0 Å². The number of anilines is 1. The van der Waals surface area contributed by atoms with Gasteiger partial charge in [0.1, 0.15) is 6.10 Å². The Balaban J connectivity index is 1.96. The first kappa shape index (κ1) is 17.5. The van der Waals surface area contributed by atoms with E-state index in [0.717, 1.165) is 11.1 Å². The van der Waals surface area contributed by atoms with Crippen LogP contribution in [0.25, 0.3) is 0 Å². The number of rotatable bonds is 5. The predicted octanol–water partition coefficient (Wildman–Crippen LogP) is 4.03. The molecule has 2 unspecified atom stereocenters. The fourth-order valence-corrected chi connectivity index (χ4v) is 3.42. The summed E-state index contributed by atoms with van der Waals surface area (Å²) in [5.41, 5.74) is 8.27.